The molecule has 0 fully saturated rings. The van der Waals surface area contributed by atoms with Gasteiger partial charge < -0.3 is 0 Å². The predicted octanol–water partition coefficient (Wildman–Crippen LogP) is 9.92. The van der Waals surface area contributed by atoms with Gasteiger partial charge in [0.15, 0.2) is 32.3 Å². The monoisotopic (exact) mass is 673 g/mol. The number of unbranched alkanes of at least 4 members (excludes halogenated alkanes) is 24. The Hall–Kier alpha value is 0.01000. The first kappa shape index (κ1) is 43.0. The van der Waals surface area contributed by atoms with Crippen molar-refractivity contribution in [3.63, 3.8) is 0 Å². The lowest BCUT2D eigenvalue weighted by Crippen LogP contribution is -2.22. The molecule has 8 nitrogen and oxygen atoms in total. The van der Waals surface area contributed by atoms with Gasteiger partial charge >= 0.3 is 7.75 Å². The fourth-order valence-electron chi connectivity index (χ4n) is 5.43. The zero-order valence-electron chi connectivity index (χ0n) is 27.7. The van der Waals surface area contributed by atoms with Gasteiger partial charge in [-0.25, -0.2) is 26.9 Å². The maximum absolute atomic E-state index is 12.7. The smallest absolute Gasteiger partial charge is 0.277 e. The average molecular weight is 674 g/mol. The molecule has 0 amide bonds. The summed E-state index contributed by atoms with van der Waals surface area (Å²) in [6, 6.07) is 0. The lowest BCUT2D eigenvalue weighted by atomic mass is 10.0. The number of thiol groups is 2. The standard InChI is InChI=1S/C32H68NO7PS2/c1-3-5-7-9-11-13-15-17-19-21-23-25-27-29-31(42(35)36)39-41(33,34)40-32(43(37)38)30-28-26-24-22-20-18-16-14-12-10-8-6-4-2/h31-32,42-43H,3-30H2,1-2H3,(H2,33,34). The van der Waals surface area contributed by atoms with Crippen LogP contribution in [0.2, 0.25) is 0 Å². The van der Waals surface area contributed by atoms with Crippen molar-refractivity contribution in [3.8, 4) is 0 Å². The van der Waals surface area contributed by atoms with Crippen molar-refractivity contribution in [3.05, 3.63) is 0 Å². The molecular weight excluding hydrogens is 605 g/mol. The highest BCUT2D eigenvalue weighted by Gasteiger charge is 2.30. The molecule has 0 aromatic rings. The highest BCUT2D eigenvalue weighted by Crippen LogP contribution is 2.44. The zero-order chi connectivity index (χ0) is 32.0. The van der Waals surface area contributed by atoms with E-state index < -0.39 is 40.0 Å². The van der Waals surface area contributed by atoms with Crippen LogP contribution in [0.25, 0.3) is 0 Å². The molecule has 0 aliphatic carbocycles. The van der Waals surface area contributed by atoms with Crippen LogP contribution in [0, 0.1) is 0 Å². The summed E-state index contributed by atoms with van der Waals surface area (Å²) in [5, 5.41) is 0. The van der Waals surface area contributed by atoms with E-state index in [1.54, 1.807) is 0 Å². The Morgan fingerprint density at radius 1 is 0.442 bits per heavy atom. The Bertz CT molecular complexity index is 746. The largest absolute Gasteiger partial charge is 0.405 e. The fourth-order valence-corrected chi connectivity index (χ4v) is 8.56. The topological polar surface area (TPSA) is 130 Å². The first-order valence-electron chi connectivity index (χ1n) is 17.8. The van der Waals surface area contributed by atoms with E-state index in [9.17, 15) is 21.4 Å². The molecule has 43 heavy (non-hydrogen) atoms. The quantitative estimate of drug-likeness (QED) is 0.0350. The first-order chi connectivity index (χ1) is 20.7. The molecule has 0 saturated carbocycles. The molecule has 0 bridgehead atoms. The Morgan fingerprint density at radius 2 is 0.651 bits per heavy atom. The molecule has 11 heteroatoms. The Morgan fingerprint density at radius 3 is 0.860 bits per heavy atom. The van der Waals surface area contributed by atoms with Crippen LogP contribution in [0.4, 0.5) is 0 Å². The molecular formula is C32H68NO7PS2. The maximum Gasteiger partial charge on any atom is 0.405 e. The van der Waals surface area contributed by atoms with E-state index in [-0.39, 0.29) is 12.8 Å². The second kappa shape index (κ2) is 30.7. The van der Waals surface area contributed by atoms with Gasteiger partial charge in [-0.15, -0.1) is 0 Å². The molecule has 0 radical (unpaired) electrons. The molecule has 0 rings (SSSR count). The predicted molar refractivity (Wildman–Crippen MR) is 183 cm³/mol. The SMILES string of the molecule is CCCCCCCCCCCCCCCC(OP(N)(=O)OC(CCCCCCCCCCCCCCC)[SH](=O)=O)[SH](=O)=O. The Balaban J connectivity index is 4.09. The second-order valence-electron chi connectivity index (χ2n) is 12.3. The van der Waals surface area contributed by atoms with E-state index in [1.165, 1.54) is 116 Å². The van der Waals surface area contributed by atoms with Crippen LogP contribution in [0.1, 0.15) is 194 Å². The molecule has 2 unspecified atom stereocenters. The maximum atomic E-state index is 12.7. The summed E-state index contributed by atoms with van der Waals surface area (Å²) in [4.78, 5) is 0. The molecule has 260 valence electrons. The molecule has 2 atom stereocenters. The van der Waals surface area contributed by atoms with Crippen LogP contribution in [0.15, 0.2) is 0 Å². The van der Waals surface area contributed by atoms with E-state index in [0.29, 0.717) is 12.8 Å². The van der Waals surface area contributed by atoms with Crippen molar-refractivity contribution >= 4 is 29.2 Å². The fraction of sp³-hybridized carbons (Fsp3) is 1.00. The van der Waals surface area contributed by atoms with Crippen molar-refractivity contribution in [1.29, 1.82) is 0 Å². The summed E-state index contributed by atoms with van der Waals surface area (Å²) >= 11 is 0. The highest BCUT2D eigenvalue weighted by atomic mass is 32.2. The van der Waals surface area contributed by atoms with Gasteiger partial charge in [-0.1, -0.05) is 168 Å². The zero-order valence-corrected chi connectivity index (χ0v) is 30.4. The molecule has 0 saturated heterocycles. The third kappa shape index (κ3) is 29.2. The van der Waals surface area contributed by atoms with Crippen LogP contribution in [-0.4, -0.2) is 27.7 Å². The summed E-state index contributed by atoms with van der Waals surface area (Å²) in [5.74, 6) is 0. The van der Waals surface area contributed by atoms with Crippen LogP contribution >= 0.6 is 7.75 Å². The van der Waals surface area contributed by atoms with E-state index in [2.05, 4.69) is 13.8 Å². The van der Waals surface area contributed by atoms with Crippen LogP contribution in [-0.2, 0) is 35.0 Å². The number of hydrogen-bond donors (Lipinski definition) is 3. The van der Waals surface area contributed by atoms with Gasteiger partial charge in [-0.05, 0) is 25.7 Å². The third-order valence-electron chi connectivity index (χ3n) is 8.12. The molecule has 2 N–H and O–H groups in total. The van der Waals surface area contributed by atoms with Crippen LogP contribution in [0.3, 0.4) is 0 Å². The minimum absolute atomic E-state index is 0.161. The van der Waals surface area contributed by atoms with Gasteiger partial charge in [0.05, 0.1) is 0 Å². The molecule has 0 aliphatic rings. The first-order valence-corrected chi connectivity index (χ1v) is 21.9. The highest BCUT2D eigenvalue weighted by molar-refractivity contribution is 7.74. The van der Waals surface area contributed by atoms with Gasteiger partial charge in [0.25, 0.3) is 0 Å². The third-order valence-corrected chi connectivity index (χ3v) is 11.2. The molecule has 0 aliphatic heterocycles. The summed E-state index contributed by atoms with van der Waals surface area (Å²) < 4.78 is 69.9. The minimum Gasteiger partial charge on any atom is -0.277 e. The van der Waals surface area contributed by atoms with E-state index in [0.717, 1.165) is 38.5 Å². The number of hydrogen-bond acceptors (Lipinski definition) is 7. The van der Waals surface area contributed by atoms with Gasteiger partial charge in [0.1, 0.15) is 0 Å². The van der Waals surface area contributed by atoms with E-state index >= 15 is 0 Å². The van der Waals surface area contributed by atoms with Crippen molar-refractivity contribution in [1.82, 2.24) is 0 Å². The molecule has 0 heterocycles. The van der Waals surface area contributed by atoms with Crippen molar-refractivity contribution in [2.45, 2.75) is 205 Å². The minimum atomic E-state index is -4.35. The Labute approximate surface area is 268 Å². The van der Waals surface area contributed by atoms with Gasteiger partial charge in [-0.2, -0.15) is 0 Å². The average Bonchev–Trinajstić information content (AvgIpc) is 2.96. The van der Waals surface area contributed by atoms with Crippen LogP contribution < -0.4 is 5.50 Å². The van der Waals surface area contributed by atoms with E-state index in [4.69, 9.17) is 14.6 Å². The number of rotatable bonds is 34. The van der Waals surface area contributed by atoms with Crippen molar-refractivity contribution < 1.29 is 30.4 Å². The van der Waals surface area contributed by atoms with Crippen molar-refractivity contribution in [2.75, 3.05) is 0 Å². The number of nitrogens with two attached hydrogens (primary N) is 1. The normalized spacial score (nSPS) is 14.8. The lowest BCUT2D eigenvalue weighted by molar-refractivity contribution is 0.163. The van der Waals surface area contributed by atoms with E-state index in [1.807, 2.05) is 0 Å². The second-order valence-corrected chi connectivity index (χ2v) is 16.1. The van der Waals surface area contributed by atoms with Crippen molar-refractivity contribution in [2.24, 2.45) is 5.50 Å². The Kier molecular flexibility index (Phi) is 30.7. The molecule has 0 aromatic carbocycles. The summed E-state index contributed by atoms with van der Waals surface area (Å²) in [7, 11) is -10.4. The lowest BCUT2D eigenvalue weighted by Gasteiger charge is -2.21. The van der Waals surface area contributed by atoms with Crippen LogP contribution in [0.5, 0.6) is 0 Å². The molecule has 0 spiro atoms. The molecule has 0 aromatic heterocycles. The summed E-state index contributed by atoms with van der Waals surface area (Å²) in [6.07, 6.45) is 30.7. The van der Waals surface area contributed by atoms with Gasteiger partial charge in [0, 0.05) is 0 Å². The summed E-state index contributed by atoms with van der Waals surface area (Å²) in [6.45, 7) is 4.47. The van der Waals surface area contributed by atoms with Gasteiger partial charge in [-0.3, -0.25) is 9.05 Å². The van der Waals surface area contributed by atoms with Gasteiger partial charge in [0.2, 0.25) is 0 Å². The summed E-state index contributed by atoms with van der Waals surface area (Å²) in [5.41, 5.74) is 2.96.